The zero-order valence-corrected chi connectivity index (χ0v) is 9.79. The Labute approximate surface area is 92.7 Å². The van der Waals surface area contributed by atoms with Crippen molar-refractivity contribution in [3.05, 3.63) is 34.9 Å². The van der Waals surface area contributed by atoms with Crippen LogP contribution in [0.5, 0.6) is 0 Å². The molecule has 15 heavy (non-hydrogen) atoms. The number of hydrogen-bond acceptors (Lipinski definition) is 1. The summed E-state index contributed by atoms with van der Waals surface area (Å²) in [5.74, 6) is 0.692. The van der Waals surface area contributed by atoms with Crippen LogP contribution in [0.3, 0.4) is 0 Å². The van der Waals surface area contributed by atoms with Gasteiger partial charge in [-0.25, -0.2) is 0 Å². The molecule has 0 heterocycles. The maximum absolute atomic E-state index is 5.97. The summed E-state index contributed by atoms with van der Waals surface area (Å²) in [7, 11) is 0. The molecule has 0 saturated heterocycles. The molecule has 2 rings (SSSR count). The maximum Gasteiger partial charge on any atom is 0.0120 e. The van der Waals surface area contributed by atoms with E-state index in [0.29, 0.717) is 12.0 Å². The van der Waals surface area contributed by atoms with Crippen LogP contribution in [-0.4, -0.2) is 6.04 Å². The van der Waals surface area contributed by atoms with E-state index < -0.39 is 0 Å². The van der Waals surface area contributed by atoms with Crippen molar-refractivity contribution >= 4 is 0 Å². The molecule has 82 valence electrons. The smallest absolute Gasteiger partial charge is 0.0120 e. The predicted molar refractivity (Wildman–Crippen MR) is 65.1 cm³/mol. The van der Waals surface area contributed by atoms with E-state index in [2.05, 4.69) is 32.0 Å². The molecule has 0 aliphatic heterocycles. The van der Waals surface area contributed by atoms with Crippen molar-refractivity contribution < 1.29 is 0 Å². The van der Waals surface area contributed by atoms with Gasteiger partial charge in [0.25, 0.3) is 0 Å². The van der Waals surface area contributed by atoms with Crippen molar-refractivity contribution in [1.82, 2.24) is 0 Å². The van der Waals surface area contributed by atoms with Gasteiger partial charge in [-0.1, -0.05) is 38.5 Å². The van der Waals surface area contributed by atoms with Gasteiger partial charge in [0, 0.05) is 6.04 Å². The summed E-state index contributed by atoms with van der Waals surface area (Å²) in [6, 6.07) is 7.31. The lowest BCUT2D eigenvalue weighted by molar-refractivity contribution is 0.664. The highest BCUT2D eigenvalue weighted by Crippen LogP contribution is 2.27. The SMILES string of the molecule is CCCC(C)c1ccc2c(c1)CC(N)C2. The zero-order valence-electron chi connectivity index (χ0n) is 9.79. The third-order valence-electron chi connectivity index (χ3n) is 3.49. The summed E-state index contributed by atoms with van der Waals surface area (Å²) < 4.78 is 0. The van der Waals surface area contributed by atoms with Crippen LogP contribution in [0, 0.1) is 0 Å². The van der Waals surface area contributed by atoms with E-state index in [-0.39, 0.29) is 0 Å². The zero-order chi connectivity index (χ0) is 10.8. The van der Waals surface area contributed by atoms with Crippen LogP contribution in [0.1, 0.15) is 49.3 Å². The van der Waals surface area contributed by atoms with Crippen molar-refractivity contribution in [3.8, 4) is 0 Å². The summed E-state index contributed by atoms with van der Waals surface area (Å²) in [6.45, 7) is 4.57. The van der Waals surface area contributed by atoms with Gasteiger partial charge in [-0.3, -0.25) is 0 Å². The van der Waals surface area contributed by atoms with E-state index in [0.717, 1.165) is 12.8 Å². The highest BCUT2D eigenvalue weighted by atomic mass is 14.6. The van der Waals surface area contributed by atoms with E-state index in [1.54, 1.807) is 0 Å². The second-order valence-electron chi connectivity index (χ2n) is 4.89. The average Bonchev–Trinajstić information content (AvgIpc) is 2.57. The summed E-state index contributed by atoms with van der Waals surface area (Å²) in [4.78, 5) is 0. The van der Waals surface area contributed by atoms with Gasteiger partial charge in [0.15, 0.2) is 0 Å². The number of nitrogens with two attached hydrogens (primary N) is 1. The fourth-order valence-corrected chi connectivity index (χ4v) is 2.58. The van der Waals surface area contributed by atoms with E-state index in [9.17, 15) is 0 Å². The molecule has 0 amide bonds. The van der Waals surface area contributed by atoms with Crippen molar-refractivity contribution in [2.75, 3.05) is 0 Å². The lowest BCUT2D eigenvalue weighted by Crippen LogP contribution is -2.18. The lowest BCUT2D eigenvalue weighted by Gasteiger charge is -2.12. The van der Waals surface area contributed by atoms with Crippen molar-refractivity contribution in [3.63, 3.8) is 0 Å². The topological polar surface area (TPSA) is 26.0 Å². The largest absolute Gasteiger partial charge is 0.327 e. The van der Waals surface area contributed by atoms with Gasteiger partial charge in [0.1, 0.15) is 0 Å². The molecule has 0 saturated carbocycles. The Morgan fingerprint density at radius 1 is 1.33 bits per heavy atom. The van der Waals surface area contributed by atoms with Crippen molar-refractivity contribution in [1.29, 1.82) is 0 Å². The highest BCUT2D eigenvalue weighted by molar-refractivity contribution is 5.38. The van der Waals surface area contributed by atoms with Crippen molar-refractivity contribution in [2.45, 2.75) is 51.5 Å². The quantitative estimate of drug-likeness (QED) is 0.803. The molecule has 0 aromatic heterocycles. The summed E-state index contributed by atoms with van der Waals surface area (Å²) >= 11 is 0. The first-order valence-electron chi connectivity index (χ1n) is 6.08. The maximum atomic E-state index is 5.97. The predicted octanol–water partition coefficient (Wildman–Crippen LogP) is 3.02. The number of fused-ring (bicyclic) bond motifs is 1. The van der Waals surface area contributed by atoms with E-state index >= 15 is 0 Å². The molecule has 1 aliphatic carbocycles. The molecular weight excluding hydrogens is 182 g/mol. The van der Waals surface area contributed by atoms with Gasteiger partial charge >= 0.3 is 0 Å². The molecule has 1 heteroatoms. The molecule has 1 aromatic carbocycles. The Morgan fingerprint density at radius 2 is 2.07 bits per heavy atom. The summed E-state index contributed by atoms with van der Waals surface area (Å²) in [5, 5.41) is 0. The first kappa shape index (κ1) is 10.7. The molecule has 1 aliphatic rings. The van der Waals surface area contributed by atoms with Gasteiger partial charge in [-0.2, -0.15) is 0 Å². The van der Waals surface area contributed by atoms with Crippen LogP contribution < -0.4 is 5.73 Å². The first-order chi connectivity index (χ1) is 7.20. The van der Waals surface area contributed by atoms with Crippen molar-refractivity contribution in [2.24, 2.45) is 5.73 Å². The highest BCUT2D eigenvalue weighted by Gasteiger charge is 2.18. The minimum atomic E-state index is 0.358. The Hall–Kier alpha value is -0.820. The molecule has 1 nitrogen and oxygen atoms in total. The first-order valence-corrected chi connectivity index (χ1v) is 6.08. The minimum Gasteiger partial charge on any atom is -0.327 e. The van der Waals surface area contributed by atoms with Crippen LogP contribution in [0.25, 0.3) is 0 Å². The minimum absolute atomic E-state index is 0.358. The van der Waals surface area contributed by atoms with Gasteiger partial charge in [0.05, 0.1) is 0 Å². The Kier molecular flexibility index (Phi) is 3.11. The molecule has 0 bridgehead atoms. The van der Waals surface area contributed by atoms with Crippen LogP contribution in [0.2, 0.25) is 0 Å². The molecule has 1 aromatic rings. The fourth-order valence-electron chi connectivity index (χ4n) is 2.58. The Balaban J connectivity index is 2.19. The van der Waals surface area contributed by atoms with Gasteiger partial charge in [-0.05, 0) is 41.9 Å². The number of rotatable bonds is 3. The summed E-state index contributed by atoms with van der Waals surface area (Å²) in [6.07, 6.45) is 4.68. The number of benzene rings is 1. The van der Waals surface area contributed by atoms with E-state index in [1.807, 2.05) is 0 Å². The molecule has 0 radical (unpaired) electrons. The third-order valence-corrected chi connectivity index (χ3v) is 3.49. The average molecular weight is 203 g/mol. The molecule has 2 N–H and O–H groups in total. The molecule has 2 unspecified atom stereocenters. The van der Waals surface area contributed by atoms with Gasteiger partial charge < -0.3 is 5.73 Å². The van der Waals surface area contributed by atoms with Crippen LogP contribution in [0.4, 0.5) is 0 Å². The van der Waals surface area contributed by atoms with Gasteiger partial charge in [0.2, 0.25) is 0 Å². The second-order valence-corrected chi connectivity index (χ2v) is 4.89. The lowest BCUT2D eigenvalue weighted by atomic mass is 9.94. The summed E-state index contributed by atoms with van der Waals surface area (Å²) in [5.41, 5.74) is 10.4. The molecule has 2 atom stereocenters. The molecule has 0 fully saturated rings. The van der Waals surface area contributed by atoms with E-state index in [4.69, 9.17) is 5.73 Å². The van der Waals surface area contributed by atoms with Crippen LogP contribution in [-0.2, 0) is 12.8 Å². The molecular formula is C14H21N. The fraction of sp³-hybridized carbons (Fsp3) is 0.571. The van der Waals surface area contributed by atoms with Gasteiger partial charge in [-0.15, -0.1) is 0 Å². The van der Waals surface area contributed by atoms with E-state index in [1.165, 1.54) is 29.5 Å². The third kappa shape index (κ3) is 2.23. The van der Waals surface area contributed by atoms with Crippen LogP contribution >= 0.6 is 0 Å². The number of hydrogen-bond donors (Lipinski definition) is 1. The monoisotopic (exact) mass is 203 g/mol. The Bertz CT molecular complexity index is 343. The molecule has 0 spiro atoms. The second kappa shape index (κ2) is 4.36. The standard InChI is InChI=1S/C14H21N/c1-3-4-10(2)11-5-6-12-8-14(15)9-13(12)7-11/h5-7,10,14H,3-4,8-9,15H2,1-2H3. The Morgan fingerprint density at radius 3 is 2.80 bits per heavy atom. The van der Waals surface area contributed by atoms with Crippen LogP contribution in [0.15, 0.2) is 18.2 Å². The normalized spacial score (nSPS) is 21.4.